The molecule has 1 heterocycles. The van der Waals surface area contributed by atoms with Gasteiger partial charge in [-0.15, -0.1) is 0 Å². The minimum atomic E-state index is -3.49. The van der Waals surface area contributed by atoms with Crippen LogP contribution in [0.5, 0.6) is 0 Å². The van der Waals surface area contributed by atoms with Crippen LogP contribution < -0.4 is 10.0 Å². The van der Waals surface area contributed by atoms with Crippen molar-refractivity contribution in [2.45, 2.75) is 36.7 Å². The van der Waals surface area contributed by atoms with E-state index in [1.54, 1.807) is 30.6 Å². The van der Waals surface area contributed by atoms with E-state index in [4.69, 9.17) is 0 Å². The third-order valence-electron chi connectivity index (χ3n) is 3.57. The molecule has 0 radical (unpaired) electrons. The van der Waals surface area contributed by atoms with Crippen molar-refractivity contribution in [3.8, 4) is 0 Å². The highest BCUT2D eigenvalue weighted by molar-refractivity contribution is 7.89. The van der Waals surface area contributed by atoms with Gasteiger partial charge in [0.1, 0.15) is 0 Å². The average Bonchev–Trinajstić information content (AvgIpc) is 3.28. The van der Waals surface area contributed by atoms with E-state index in [-0.39, 0.29) is 6.04 Å². The predicted molar refractivity (Wildman–Crippen MR) is 82.6 cm³/mol. The summed E-state index contributed by atoms with van der Waals surface area (Å²) in [6, 6.07) is 7.33. The van der Waals surface area contributed by atoms with Crippen LogP contribution in [0.3, 0.4) is 0 Å². The average molecular weight is 305 g/mol. The first-order valence-electron chi connectivity index (χ1n) is 7.14. The van der Waals surface area contributed by atoms with Crippen LogP contribution >= 0.6 is 0 Å². The monoisotopic (exact) mass is 305 g/mol. The number of fused-ring (bicyclic) bond motifs is 1. The van der Waals surface area contributed by atoms with Gasteiger partial charge in [0.05, 0.1) is 4.90 Å². The van der Waals surface area contributed by atoms with Crippen molar-refractivity contribution in [2.24, 2.45) is 0 Å². The minimum absolute atomic E-state index is 0.135. The van der Waals surface area contributed by atoms with Crippen molar-refractivity contribution < 1.29 is 8.42 Å². The van der Waals surface area contributed by atoms with Gasteiger partial charge >= 0.3 is 0 Å². The molecule has 1 fully saturated rings. The number of rotatable bonds is 6. The lowest BCUT2D eigenvalue weighted by Crippen LogP contribution is -2.40. The Labute approximate surface area is 124 Å². The lowest BCUT2D eigenvalue weighted by atomic mass is 10.2. The lowest BCUT2D eigenvalue weighted by Gasteiger charge is -2.15. The van der Waals surface area contributed by atoms with E-state index in [2.05, 4.69) is 15.0 Å². The Hall–Kier alpha value is -1.50. The minimum Gasteiger partial charge on any atom is -0.312 e. The first kappa shape index (κ1) is 14.4. The molecule has 0 unspecified atom stereocenters. The molecule has 21 heavy (non-hydrogen) atoms. The maximum atomic E-state index is 12.4. The summed E-state index contributed by atoms with van der Waals surface area (Å²) in [4.78, 5) is 4.32. The van der Waals surface area contributed by atoms with Crippen molar-refractivity contribution in [2.75, 3.05) is 6.54 Å². The molecule has 0 amide bonds. The molecule has 0 spiro atoms. The molecule has 0 saturated heterocycles. The van der Waals surface area contributed by atoms with Gasteiger partial charge in [0.15, 0.2) is 0 Å². The predicted octanol–water partition coefficient (Wildman–Crippen LogP) is 1.65. The van der Waals surface area contributed by atoms with E-state index in [1.165, 1.54) is 12.8 Å². The Morgan fingerprint density at radius 3 is 2.86 bits per heavy atom. The molecular weight excluding hydrogens is 286 g/mol. The van der Waals surface area contributed by atoms with Gasteiger partial charge < -0.3 is 5.32 Å². The SMILES string of the molecule is C[C@H](CNC1CC1)NS(=O)(=O)c1ccc2cnccc2c1. The van der Waals surface area contributed by atoms with E-state index in [0.717, 1.165) is 10.8 Å². The number of sulfonamides is 1. The molecule has 1 aromatic carbocycles. The zero-order valence-electron chi connectivity index (χ0n) is 11.9. The molecule has 6 heteroatoms. The van der Waals surface area contributed by atoms with E-state index in [1.807, 2.05) is 13.0 Å². The summed E-state index contributed by atoms with van der Waals surface area (Å²) in [7, 11) is -3.49. The van der Waals surface area contributed by atoms with Crippen LogP contribution in [0.1, 0.15) is 19.8 Å². The fourth-order valence-corrected chi connectivity index (χ4v) is 3.51. The highest BCUT2D eigenvalue weighted by atomic mass is 32.2. The van der Waals surface area contributed by atoms with Gasteiger partial charge in [0, 0.05) is 36.4 Å². The van der Waals surface area contributed by atoms with Crippen molar-refractivity contribution in [1.29, 1.82) is 0 Å². The molecular formula is C15H19N3O2S. The fourth-order valence-electron chi connectivity index (χ4n) is 2.23. The molecule has 5 nitrogen and oxygen atoms in total. The second-order valence-corrected chi connectivity index (χ2v) is 7.30. The largest absolute Gasteiger partial charge is 0.312 e. The van der Waals surface area contributed by atoms with Crippen LogP contribution in [0, 0.1) is 0 Å². The van der Waals surface area contributed by atoms with Crippen LogP contribution in [-0.4, -0.2) is 32.0 Å². The summed E-state index contributed by atoms with van der Waals surface area (Å²) in [5.41, 5.74) is 0. The highest BCUT2D eigenvalue weighted by Gasteiger charge is 2.23. The fraction of sp³-hybridized carbons (Fsp3) is 0.400. The maximum Gasteiger partial charge on any atom is 0.240 e. The summed E-state index contributed by atoms with van der Waals surface area (Å²) in [5.74, 6) is 0. The third kappa shape index (κ3) is 3.58. The number of benzene rings is 1. The zero-order chi connectivity index (χ0) is 14.9. The van der Waals surface area contributed by atoms with Crippen LogP contribution in [0.25, 0.3) is 10.8 Å². The van der Waals surface area contributed by atoms with Gasteiger partial charge in [-0.2, -0.15) is 0 Å². The molecule has 0 bridgehead atoms. The molecule has 0 aliphatic heterocycles. The molecule has 1 aliphatic carbocycles. The second kappa shape index (κ2) is 5.71. The van der Waals surface area contributed by atoms with Gasteiger partial charge in [-0.05, 0) is 43.4 Å². The van der Waals surface area contributed by atoms with Gasteiger partial charge in [0.2, 0.25) is 10.0 Å². The van der Waals surface area contributed by atoms with Gasteiger partial charge in [-0.25, -0.2) is 13.1 Å². The molecule has 2 aromatic rings. The molecule has 3 rings (SSSR count). The van der Waals surface area contributed by atoms with Crippen LogP contribution in [0.15, 0.2) is 41.6 Å². The quantitative estimate of drug-likeness (QED) is 0.851. The van der Waals surface area contributed by atoms with Gasteiger partial charge in [-0.1, -0.05) is 6.07 Å². The Bertz CT molecular complexity index is 741. The molecule has 1 atom stereocenters. The zero-order valence-corrected chi connectivity index (χ0v) is 12.7. The smallest absolute Gasteiger partial charge is 0.240 e. The van der Waals surface area contributed by atoms with E-state index >= 15 is 0 Å². The van der Waals surface area contributed by atoms with E-state index in [9.17, 15) is 8.42 Å². The number of nitrogens with one attached hydrogen (secondary N) is 2. The molecule has 1 aromatic heterocycles. The Balaban J connectivity index is 1.75. The molecule has 2 N–H and O–H groups in total. The maximum absolute atomic E-state index is 12.4. The normalized spacial score (nSPS) is 17.0. The summed E-state index contributed by atoms with van der Waals surface area (Å²) in [6.45, 7) is 2.53. The second-order valence-electron chi connectivity index (χ2n) is 5.59. The summed E-state index contributed by atoms with van der Waals surface area (Å²) >= 11 is 0. The Morgan fingerprint density at radius 1 is 1.29 bits per heavy atom. The van der Waals surface area contributed by atoms with Gasteiger partial charge in [-0.3, -0.25) is 4.98 Å². The van der Waals surface area contributed by atoms with Crippen molar-refractivity contribution >= 4 is 20.8 Å². The number of nitrogens with zero attached hydrogens (tertiary/aromatic N) is 1. The Kier molecular flexibility index (Phi) is 3.93. The first-order chi connectivity index (χ1) is 10.0. The summed E-state index contributed by atoms with van der Waals surface area (Å²) in [6.07, 6.45) is 5.77. The number of hydrogen-bond donors (Lipinski definition) is 2. The Morgan fingerprint density at radius 2 is 2.10 bits per heavy atom. The topological polar surface area (TPSA) is 71.1 Å². The van der Waals surface area contributed by atoms with E-state index < -0.39 is 10.0 Å². The highest BCUT2D eigenvalue weighted by Crippen LogP contribution is 2.19. The lowest BCUT2D eigenvalue weighted by molar-refractivity contribution is 0.535. The first-order valence-corrected chi connectivity index (χ1v) is 8.62. The van der Waals surface area contributed by atoms with Gasteiger partial charge in [0.25, 0.3) is 0 Å². The van der Waals surface area contributed by atoms with Crippen LogP contribution in [0.2, 0.25) is 0 Å². The third-order valence-corrected chi connectivity index (χ3v) is 5.16. The number of pyridine rings is 1. The van der Waals surface area contributed by atoms with Crippen molar-refractivity contribution in [1.82, 2.24) is 15.0 Å². The molecule has 112 valence electrons. The standard InChI is InChI=1S/C15H19N3O2S/c1-11(9-17-14-3-4-14)18-21(19,20)15-5-2-13-10-16-7-6-12(13)8-15/h2,5-8,10-11,14,17-18H,3-4,9H2,1H3/t11-/m1/s1. The summed E-state index contributed by atoms with van der Waals surface area (Å²) in [5, 5.41) is 5.13. The van der Waals surface area contributed by atoms with Crippen LogP contribution in [0.4, 0.5) is 0 Å². The molecule has 1 aliphatic rings. The van der Waals surface area contributed by atoms with Crippen molar-refractivity contribution in [3.63, 3.8) is 0 Å². The van der Waals surface area contributed by atoms with Crippen LogP contribution in [-0.2, 0) is 10.0 Å². The van der Waals surface area contributed by atoms with E-state index in [0.29, 0.717) is 17.5 Å². The van der Waals surface area contributed by atoms with Crippen molar-refractivity contribution in [3.05, 3.63) is 36.7 Å². The number of aromatic nitrogens is 1. The number of hydrogen-bond acceptors (Lipinski definition) is 4. The summed E-state index contributed by atoms with van der Waals surface area (Å²) < 4.78 is 27.5. The molecule has 1 saturated carbocycles.